The number of aromatic nitrogens is 1. The molecule has 0 bridgehead atoms. The second kappa shape index (κ2) is 5.46. The third-order valence-electron chi connectivity index (χ3n) is 2.95. The van der Waals surface area contributed by atoms with E-state index in [1.807, 2.05) is 24.3 Å². The molecule has 0 unspecified atom stereocenters. The average molecular weight is 319 g/mol. The number of ether oxygens (including phenoxy) is 1. The zero-order valence-electron chi connectivity index (χ0n) is 11.3. The summed E-state index contributed by atoms with van der Waals surface area (Å²) in [6.07, 6.45) is 1.18. The maximum Gasteiger partial charge on any atom is 0.175 e. The fraction of sp³-hybridized carbons (Fsp3) is 0.133. The van der Waals surface area contributed by atoms with E-state index in [9.17, 15) is 8.42 Å². The lowest BCUT2D eigenvalue weighted by molar-refractivity contribution is 0.305. The van der Waals surface area contributed by atoms with E-state index in [0.717, 1.165) is 15.2 Å². The molecule has 1 heterocycles. The van der Waals surface area contributed by atoms with Crippen molar-refractivity contribution in [3.05, 3.63) is 53.5 Å². The van der Waals surface area contributed by atoms with E-state index in [1.165, 1.54) is 6.26 Å². The Bertz CT molecular complexity index is 834. The van der Waals surface area contributed by atoms with Gasteiger partial charge in [0.05, 0.1) is 15.1 Å². The van der Waals surface area contributed by atoms with Gasteiger partial charge in [0.2, 0.25) is 0 Å². The van der Waals surface area contributed by atoms with Crippen molar-refractivity contribution < 1.29 is 13.2 Å². The molecular formula is C15H13NO3S2. The van der Waals surface area contributed by atoms with Crippen molar-refractivity contribution >= 4 is 31.4 Å². The summed E-state index contributed by atoms with van der Waals surface area (Å²) < 4.78 is 29.5. The van der Waals surface area contributed by atoms with Crippen LogP contribution in [0.25, 0.3) is 10.2 Å². The Morgan fingerprint density at radius 2 is 1.81 bits per heavy atom. The van der Waals surface area contributed by atoms with Crippen LogP contribution in [0.3, 0.4) is 0 Å². The van der Waals surface area contributed by atoms with Gasteiger partial charge in [-0.25, -0.2) is 13.4 Å². The molecule has 0 saturated heterocycles. The van der Waals surface area contributed by atoms with Crippen molar-refractivity contribution in [1.29, 1.82) is 0 Å². The quantitative estimate of drug-likeness (QED) is 0.740. The highest BCUT2D eigenvalue weighted by molar-refractivity contribution is 7.90. The molecule has 2 aromatic carbocycles. The number of rotatable bonds is 4. The number of hydrogen-bond acceptors (Lipinski definition) is 5. The number of nitrogens with zero attached hydrogens (tertiary/aromatic N) is 1. The first-order chi connectivity index (χ1) is 10.0. The highest BCUT2D eigenvalue weighted by Gasteiger charge is 2.07. The molecule has 3 rings (SSSR count). The van der Waals surface area contributed by atoms with Crippen molar-refractivity contribution in [2.75, 3.05) is 6.26 Å². The van der Waals surface area contributed by atoms with Crippen LogP contribution in [0.4, 0.5) is 0 Å². The van der Waals surface area contributed by atoms with Gasteiger partial charge < -0.3 is 4.74 Å². The van der Waals surface area contributed by atoms with E-state index in [1.54, 1.807) is 35.6 Å². The zero-order valence-corrected chi connectivity index (χ0v) is 12.9. The number of thiazole rings is 1. The molecule has 0 radical (unpaired) electrons. The first-order valence-corrected chi connectivity index (χ1v) is 9.00. The zero-order chi connectivity index (χ0) is 14.9. The molecule has 0 atom stereocenters. The molecule has 3 aromatic rings. The fourth-order valence-corrected chi connectivity index (χ4v) is 3.42. The summed E-state index contributed by atoms with van der Waals surface area (Å²) in [5.74, 6) is 0.627. The summed E-state index contributed by atoms with van der Waals surface area (Å²) >= 11 is 1.59. The van der Waals surface area contributed by atoms with Gasteiger partial charge in [0.1, 0.15) is 17.4 Å². The van der Waals surface area contributed by atoms with Gasteiger partial charge in [-0.05, 0) is 36.4 Å². The van der Waals surface area contributed by atoms with Crippen LogP contribution in [-0.2, 0) is 16.4 Å². The van der Waals surface area contributed by atoms with Gasteiger partial charge in [-0.1, -0.05) is 12.1 Å². The first kappa shape index (κ1) is 14.0. The second-order valence-electron chi connectivity index (χ2n) is 4.61. The Labute approximate surface area is 126 Å². The van der Waals surface area contributed by atoms with Gasteiger partial charge in [0.25, 0.3) is 0 Å². The molecule has 0 fully saturated rings. The molecule has 1 aromatic heterocycles. The Kier molecular flexibility index (Phi) is 3.65. The molecule has 6 heteroatoms. The summed E-state index contributed by atoms with van der Waals surface area (Å²) in [5, 5.41) is 0.892. The Morgan fingerprint density at radius 3 is 2.48 bits per heavy atom. The standard InChI is InChI=1S/C15H13NO3S2/c1-21(17,18)12-8-6-11(7-9-12)19-10-15-16-13-4-2-3-5-14(13)20-15/h2-9H,10H2,1H3. The molecule has 0 aliphatic heterocycles. The van der Waals surface area contributed by atoms with Crippen LogP contribution in [0.15, 0.2) is 53.4 Å². The van der Waals surface area contributed by atoms with Crippen molar-refractivity contribution in [3.8, 4) is 5.75 Å². The molecule has 0 N–H and O–H groups in total. The topological polar surface area (TPSA) is 56.3 Å². The van der Waals surface area contributed by atoms with E-state index in [4.69, 9.17) is 4.74 Å². The lowest BCUT2D eigenvalue weighted by Gasteiger charge is -2.04. The minimum atomic E-state index is -3.17. The Balaban J connectivity index is 1.72. The number of sulfone groups is 1. The Hall–Kier alpha value is -1.92. The SMILES string of the molecule is CS(=O)(=O)c1ccc(OCc2nc3ccccc3s2)cc1. The van der Waals surface area contributed by atoms with E-state index < -0.39 is 9.84 Å². The molecule has 21 heavy (non-hydrogen) atoms. The number of fused-ring (bicyclic) bond motifs is 1. The summed E-state index contributed by atoms with van der Waals surface area (Å²) in [6.45, 7) is 0.373. The van der Waals surface area contributed by atoms with Crippen LogP contribution in [-0.4, -0.2) is 19.7 Å². The molecule has 0 aliphatic rings. The number of para-hydroxylation sites is 1. The largest absolute Gasteiger partial charge is 0.486 e. The molecule has 108 valence electrons. The average Bonchev–Trinajstić information content (AvgIpc) is 2.87. The summed E-state index contributed by atoms with van der Waals surface area (Å²) in [4.78, 5) is 4.77. The van der Waals surface area contributed by atoms with Gasteiger partial charge in [-0.2, -0.15) is 0 Å². The maximum absolute atomic E-state index is 11.4. The lowest BCUT2D eigenvalue weighted by atomic mass is 10.3. The highest BCUT2D eigenvalue weighted by atomic mass is 32.2. The highest BCUT2D eigenvalue weighted by Crippen LogP contribution is 2.23. The molecule has 0 saturated carbocycles. The predicted molar refractivity (Wildman–Crippen MR) is 83.5 cm³/mol. The predicted octanol–water partition coefficient (Wildman–Crippen LogP) is 3.28. The third kappa shape index (κ3) is 3.22. The van der Waals surface area contributed by atoms with Crippen LogP contribution in [0.1, 0.15) is 5.01 Å². The van der Waals surface area contributed by atoms with Crippen LogP contribution in [0.5, 0.6) is 5.75 Å². The maximum atomic E-state index is 11.4. The van der Waals surface area contributed by atoms with Crippen LogP contribution in [0, 0.1) is 0 Å². The lowest BCUT2D eigenvalue weighted by Crippen LogP contribution is -1.98. The first-order valence-electron chi connectivity index (χ1n) is 6.30. The molecular weight excluding hydrogens is 306 g/mol. The smallest absolute Gasteiger partial charge is 0.175 e. The van der Waals surface area contributed by atoms with Gasteiger partial charge in [0.15, 0.2) is 9.84 Å². The molecule has 0 spiro atoms. The van der Waals surface area contributed by atoms with Gasteiger partial charge in [-0.3, -0.25) is 0 Å². The van der Waals surface area contributed by atoms with Crippen LogP contribution < -0.4 is 4.74 Å². The van der Waals surface area contributed by atoms with E-state index in [-0.39, 0.29) is 4.90 Å². The van der Waals surface area contributed by atoms with Crippen molar-refractivity contribution in [2.24, 2.45) is 0 Å². The van der Waals surface area contributed by atoms with Crippen molar-refractivity contribution in [2.45, 2.75) is 11.5 Å². The monoisotopic (exact) mass is 319 g/mol. The third-order valence-corrected chi connectivity index (χ3v) is 5.09. The normalized spacial score (nSPS) is 11.7. The van der Waals surface area contributed by atoms with Gasteiger partial charge in [0, 0.05) is 6.26 Å². The number of benzene rings is 2. The minimum Gasteiger partial charge on any atom is -0.486 e. The van der Waals surface area contributed by atoms with Crippen LogP contribution in [0.2, 0.25) is 0 Å². The van der Waals surface area contributed by atoms with Crippen molar-refractivity contribution in [1.82, 2.24) is 4.98 Å². The number of hydrogen-bond donors (Lipinski definition) is 0. The van der Waals surface area contributed by atoms with Gasteiger partial charge in [-0.15, -0.1) is 11.3 Å². The second-order valence-corrected chi connectivity index (χ2v) is 7.74. The van der Waals surface area contributed by atoms with Gasteiger partial charge >= 0.3 is 0 Å². The minimum absolute atomic E-state index is 0.287. The molecule has 0 amide bonds. The fourth-order valence-electron chi connectivity index (χ4n) is 1.91. The van der Waals surface area contributed by atoms with Crippen LogP contribution >= 0.6 is 11.3 Å². The van der Waals surface area contributed by atoms with E-state index in [0.29, 0.717) is 12.4 Å². The summed E-state index contributed by atoms with van der Waals surface area (Å²) in [6, 6.07) is 14.3. The van der Waals surface area contributed by atoms with Crippen molar-refractivity contribution in [3.63, 3.8) is 0 Å². The Morgan fingerprint density at radius 1 is 1.10 bits per heavy atom. The molecule has 4 nitrogen and oxygen atoms in total. The summed E-state index contributed by atoms with van der Waals surface area (Å²) in [7, 11) is -3.17. The van der Waals surface area contributed by atoms with E-state index in [2.05, 4.69) is 4.98 Å². The van der Waals surface area contributed by atoms with E-state index >= 15 is 0 Å². The molecule has 0 aliphatic carbocycles. The summed E-state index contributed by atoms with van der Waals surface area (Å²) in [5.41, 5.74) is 0.966.